The summed E-state index contributed by atoms with van der Waals surface area (Å²) >= 11 is 0. The molecule has 152 valence electrons. The zero-order chi connectivity index (χ0) is 21.1. The molecule has 0 saturated heterocycles. The standard InChI is InChI=1S/C25H24N2O3/c1-4-29-21-11-9-19(10-12-21)24(28)26-15-18-5-7-20(8-6-18)25-27-22-13-16(2)17(3)14-23(22)30-25/h5-14H,4,15H2,1-3H3,(H,26,28). The third-order valence-corrected chi connectivity index (χ3v) is 5.09. The van der Waals surface area contributed by atoms with Gasteiger partial charge in [-0.05, 0) is 86.0 Å². The second kappa shape index (κ2) is 8.41. The first-order valence-corrected chi connectivity index (χ1v) is 10.0. The highest BCUT2D eigenvalue weighted by molar-refractivity contribution is 5.94. The second-order valence-corrected chi connectivity index (χ2v) is 7.26. The van der Waals surface area contributed by atoms with Gasteiger partial charge in [0.1, 0.15) is 11.3 Å². The number of aromatic nitrogens is 1. The van der Waals surface area contributed by atoms with Gasteiger partial charge in [-0.1, -0.05) is 12.1 Å². The highest BCUT2D eigenvalue weighted by atomic mass is 16.5. The summed E-state index contributed by atoms with van der Waals surface area (Å²) in [5.74, 6) is 1.24. The van der Waals surface area contributed by atoms with Gasteiger partial charge >= 0.3 is 0 Å². The van der Waals surface area contributed by atoms with Gasteiger partial charge in [0.25, 0.3) is 5.91 Å². The van der Waals surface area contributed by atoms with Crippen LogP contribution in [0.15, 0.2) is 65.1 Å². The number of ether oxygens (including phenoxy) is 1. The van der Waals surface area contributed by atoms with Gasteiger partial charge in [0.05, 0.1) is 6.61 Å². The van der Waals surface area contributed by atoms with Crippen LogP contribution in [0.2, 0.25) is 0 Å². The first-order valence-electron chi connectivity index (χ1n) is 10.0. The van der Waals surface area contributed by atoms with Crippen molar-refractivity contribution in [3.05, 3.63) is 82.9 Å². The van der Waals surface area contributed by atoms with Gasteiger partial charge in [0, 0.05) is 17.7 Å². The summed E-state index contributed by atoms with van der Waals surface area (Å²) in [4.78, 5) is 17.0. The van der Waals surface area contributed by atoms with Gasteiger partial charge < -0.3 is 14.5 Å². The normalized spacial score (nSPS) is 10.9. The smallest absolute Gasteiger partial charge is 0.251 e. The molecule has 0 spiro atoms. The van der Waals surface area contributed by atoms with Crippen molar-refractivity contribution in [1.82, 2.24) is 10.3 Å². The molecule has 5 heteroatoms. The first kappa shape index (κ1) is 19.7. The molecule has 0 fully saturated rings. The van der Waals surface area contributed by atoms with Gasteiger partial charge in [0.2, 0.25) is 5.89 Å². The summed E-state index contributed by atoms with van der Waals surface area (Å²) in [7, 11) is 0. The van der Waals surface area contributed by atoms with E-state index in [9.17, 15) is 4.79 Å². The minimum atomic E-state index is -0.119. The Hall–Kier alpha value is -3.60. The molecule has 3 aromatic carbocycles. The van der Waals surface area contributed by atoms with Crippen LogP contribution in [-0.4, -0.2) is 17.5 Å². The molecular formula is C25H24N2O3. The lowest BCUT2D eigenvalue weighted by atomic mass is 10.1. The number of amides is 1. The van der Waals surface area contributed by atoms with E-state index in [1.165, 1.54) is 11.1 Å². The molecule has 0 aliphatic carbocycles. The van der Waals surface area contributed by atoms with Gasteiger partial charge in [-0.3, -0.25) is 4.79 Å². The average Bonchev–Trinajstić information content (AvgIpc) is 3.16. The number of carbonyl (C=O) groups excluding carboxylic acids is 1. The number of nitrogens with one attached hydrogen (secondary N) is 1. The van der Waals surface area contributed by atoms with Crippen molar-refractivity contribution in [2.75, 3.05) is 6.61 Å². The summed E-state index contributed by atoms with van der Waals surface area (Å²) in [5.41, 5.74) is 6.54. The zero-order valence-corrected chi connectivity index (χ0v) is 17.4. The maximum Gasteiger partial charge on any atom is 0.251 e. The van der Waals surface area contributed by atoms with Crippen LogP contribution in [0.3, 0.4) is 0 Å². The molecular weight excluding hydrogens is 376 g/mol. The van der Waals surface area contributed by atoms with Crippen molar-refractivity contribution >= 4 is 17.0 Å². The fraction of sp³-hybridized carbons (Fsp3) is 0.200. The molecule has 1 N–H and O–H groups in total. The molecule has 30 heavy (non-hydrogen) atoms. The lowest BCUT2D eigenvalue weighted by Crippen LogP contribution is -2.22. The van der Waals surface area contributed by atoms with E-state index in [0.717, 1.165) is 28.0 Å². The molecule has 1 aromatic heterocycles. The highest BCUT2D eigenvalue weighted by Gasteiger charge is 2.10. The summed E-state index contributed by atoms with van der Waals surface area (Å²) < 4.78 is 11.3. The molecule has 0 aliphatic rings. The maximum atomic E-state index is 12.4. The Bertz CT molecular complexity index is 1140. The van der Waals surface area contributed by atoms with E-state index in [4.69, 9.17) is 9.15 Å². The van der Waals surface area contributed by atoms with Gasteiger partial charge in [-0.15, -0.1) is 0 Å². The van der Waals surface area contributed by atoms with Crippen LogP contribution in [0.1, 0.15) is 34.0 Å². The van der Waals surface area contributed by atoms with Crippen LogP contribution in [0.4, 0.5) is 0 Å². The van der Waals surface area contributed by atoms with Gasteiger partial charge in [0.15, 0.2) is 5.58 Å². The Morgan fingerprint density at radius 2 is 1.70 bits per heavy atom. The largest absolute Gasteiger partial charge is 0.494 e. The molecule has 1 amide bonds. The lowest BCUT2D eigenvalue weighted by Gasteiger charge is -2.07. The zero-order valence-electron chi connectivity index (χ0n) is 17.4. The topological polar surface area (TPSA) is 64.4 Å². The third kappa shape index (κ3) is 4.20. The van der Waals surface area contributed by atoms with Crippen LogP contribution >= 0.6 is 0 Å². The van der Waals surface area contributed by atoms with Crippen molar-refractivity contribution in [1.29, 1.82) is 0 Å². The Kier molecular flexibility index (Phi) is 5.53. The monoisotopic (exact) mass is 400 g/mol. The predicted octanol–water partition coefficient (Wildman–Crippen LogP) is 5.44. The van der Waals surface area contributed by atoms with Crippen molar-refractivity contribution in [3.63, 3.8) is 0 Å². The second-order valence-electron chi connectivity index (χ2n) is 7.26. The Labute approximate surface area is 175 Å². The van der Waals surface area contributed by atoms with Crippen LogP contribution in [0.25, 0.3) is 22.6 Å². The number of carbonyl (C=O) groups is 1. The molecule has 0 atom stereocenters. The van der Waals surface area contributed by atoms with Crippen molar-refractivity contribution < 1.29 is 13.9 Å². The minimum absolute atomic E-state index is 0.119. The van der Waals surface area contributed by atoms with E-state index in [1.54, 1.807) is 24.3 Å². The molecule has 0 saturated carbocycles. The fourth-order valence-corrected chi connectivity index (χ4v) is 3.22. The van der Waals surface area contributed by atoms with Crippen molar-refractivity contribution in [2.24, 2.45) is 0 Å². The Morgan fingerprint density at radius 1 is 1.00 bits per heavy atom. The highest BCUT2D eigenvalue weighted by Crippen LogP contribution is 2.26. The summed E-state index contributed by atoms with van der Waals surface area (Å²) in [6, 6.07) is 19.1. The van der Waals surface area contributed by atoms with Crippen LogP contribution in [-0.2, 0) is 6.54 Å². The van der Waals surface area contributed by atoms with Crippen LogP contribution in [0, 0.1) is 13.8 Å². The average molecular weight is 400 g/mol. The lowest BCUT2D eigenvalue weighted by molar-refractivity contribution is 0.0951. The fourth-order valence-electron chi connectivity index (χ4n) is 3.22. The third-order valence-electron chi connectivity index (χ3n) is 5.09. The number of oxazole rings is 1. The quantitative estimate of drug-likeness (QED) is 0.468. The van der Waals surface area contributed by atoms with Gasteiger partial charge in [-0.25, -0.2) is 4.98 Å². The Balaban J connectivity index is 1.41. The minimum Gasteiger partial charge on any atom is -0.494 e. The van der Waals surface area contributed by atoms with Crippen molar-refractivity contribution in [2.45, 2.75) is 27.3 Å². The number of fused-ring (bicyclic) bond motifs is 1. The van der Waals surface area contributed by atoms with E-state index >= 15 is 0 Å². The van der Waals surface area contributed by atoms with Gasteiger partial charge in [-0.2, -0.15) is 0 Å². The summed E-state index contributed by atoms with van der Waals surface area (Å²) in [5, 5.41) is 2.94. The molecule has 0 bridgehead atoms. The number of nitrogens with zero attached hydrogens (tertiary/aromatic N) is 1. The maximum absolute atomic E-state index is 12.4. The summed E-state index contributed by atoms with van der Waals surface area (Å²) in [6.07, 6.45) is 0. The number of benzene rings is 3. The van der Waals surface area contributed by atoms with E-state index in [0.29, 0.717) is 24.6 Å². The molecule has 5 nitrogen and oxygen atoms in total. The molecule has 0 unspecified atom stereocenters. The summed E-state index contributed by atoms with van der Waals surface area (Å²) in [6.45, 7) is 7.10. The van der Waals surface area contributed by atoms with E-state index < -0.39 is 0 Å². The van der Waals surface area contributed by atoms with E-state index in [-0.39, 0.29) is 5.91 Å². The van der Waals surface area contributed by atoms with E-state index in [1.807, 2.05) is 43.3 Å². The first-order chi connectivity index (χ1) is 14.5. The molecule has 1 heterocycles. The number of hydrogen-bond donors (Lipinski definition) is 1. The number of aryl methyl sites for hydroxylation is 2. The predicted molar refractivity (Wildman–Crippen MR) is 118 cm³/mol. The van der Waals surface area contributed by atoms with Crippen molar-refractivity contribution in [3.8, 4) is 17.2 Å². The molecule has 0 radical (unpaired) electrons. The Morgan fingerprint density at radius 3 is 2.40 bits per heavy atom. The van der Waals surface area contributed by atoms with E-state index in [2.05, 4.69) is 24.1 Å². The molecule has 4 aromatic rings. The molecule has 4 rings (SSSR count). The number of rotatable bonds is 6. The van der Waals surface area contributed by atoms with Crippen LogP contribution in [0.5, 0.6) is 5.75 Å². The van der Waals surface area contributed by atoms with Crippen LogP contribution < -0.4 is 10.1 Å². The number of hydrogen-bond acceptors (Lipinski definition) is 4. The molecule has 0 aliphatic heterocycles. The SMILES string of the molecule is CCOc1ccc(C(=O)NCc2ccc(-c3nc4cc(C)c(C)cc4o3)cc2)cc1.